The van der Waals surface area contributed by atoms with Crippen molar-refractivity contribution in [1.29, 1.82) is 0 Å². The molecular formula is C6H15BrOSi. The summed E-state index contributed by atoms with van der Waals surface area (Å²) < 4.78 is 5.68. The molecule has 0 aliphatic carbocycles. The summed E-state index contributed by atoms with van der Waals surface area (Å²) in [5, 5.41) is 0.942. The van der Waals surface area contributed by atoms with Crippen LogP contribution in [0, 0.1) is 0 Å². The zero-order valence-corrected chi connectivity index (χ0v) is 9.16. The molecule has 0 spiro atoms. The summed E-state index contributed by atoms with van der Waals surface area (Å²) in [6, 6.07) is 0. The Morgan fingerprint density at radius 3 is 2.00 bits per heavy atom. The lowest BCUT2D eigenvalue weighted by molar-refractivity contribution is 0.241. The first kappa shape index (κ1) is 9.66. The fourth-order valence-corrected chi connectivity index (χ4v) is 2.30. The van der Waals surface area contributed by atoms with Gasteiger partial charge in [-0.15, -0.1) is 0 Å². The van der Waals surface area contributed by atoms with Crippen LogP contribution in [-0.4, -0.2) is 19.8 Å². The molecule has 0 aliphatic rings. The van der Waals surface area contributed by atoms with Gasteiger partial charge in [0.1, 0.15) is 0 Å². The van der Waals surface area contributed by atoms with Gasteiger partial charge in [-0.2, -0.15) is 0 Å². The Balaban J connectivity index is 3.47. The molecule has 0 saturated heterocycles. The third-order valence-corrected chi connectivity index (χ3v) is 2.79. The molecule has 0 rings (SSSR count). The first-order valence-electron chi connectivity index (χ1n) is 3.19. The lowest BCUT2D eigenvalue weighted by Crippen LogP contribution is -2.31. The van der Waals surface area contributed by atoms with Crippen LogP contribution in [0.5, 0.6) is 0 Å². The van der Waals surface area contributed by atoms with Crippen molar-refractivity contribution in [2.24, 2.45) is 0 Å². The molecule has 1 nitrogen and oxygen atoms in total. The number of alkyl halides is 1. The van der Waals surface area contributed by atoms with Crippen molar-refractivity contribution in [2.45, 2.75) is 32.7 Å². The zero-order chi connectivity index (χ0) is 7.49. The van der Waals surface area contributed by atoms with Gasteiger partial charge in [0.2, 0.25) is 0 Å². The lowest BCUT2D eigenvalue weighted by atomic mass is 10.5. The van der Waals surface area contributed by atoms with Crippen molar-refractivity contribution in [1.82, 2.24) is 0 Å². The van der Waals surface area contributed by atoms with Crippen molar-refractivity contribution in [3.05, 3.63) is 0 Å². The first-order valence-corrected chi connectivity index (χ1v) is 7.72. The summed E-state index contributed by atoms with van der Waals surface area (Å²) in [6.07, 6.45) is 0.372. The molecule has 0 N–H and O–H groups in total. The third kappa shape index (κ3) is 6.54. The van der Waals surface area contributed by atoms with E-state index >= 15 is 0 Å². The van der Waals surface area contributed by atoms with E-state index in [1.165, 1.54) is 0 Å². The summed E-state index contributed by atoms with van der Waals surface area (Å²) in [5.74, 6) is 0. The second-order valence-corrected chi connectivity index (χ2v) is 8.30. The van der Waals surface area contributed by atoms with Gasteiger partial charge in [0, 0.05) is 5.33 Å². The van der Waals surface area contributed by atoms with Crippen LogP contribution in [0.3, 0.4) is 0 Å². The Morgan fingerprint density at radius 1 is 1.44 bits per heavy atom. The van der Waals surface area contributed by atoms with Gasteiger partial charge < -0.3 is 4.43 Å². The van der Waals surface area contributed by atoms with Gasteiger partial charge >= 0.3 is 0 Å². The number of halogens is 1. The molecule has 0 unspecified atom stereocenters. The van der Waals surface area contributed by atoms with Gasteiger partial charge in [-0.25, -0.2) is 0 Å². The molecule has 9 heavy (non-hydrogen) atoms. The van der Waals surface area contributed by atoms with Crippen LogP contribution in [0.15, 0.2) is 0 Å². The average Bonchev–Trinajstić information content (AvgIpc) is 1.62. The molecule has 0 aliphatic heterocycles. The van der Waals surface area contributed by atoms with Gasteiger partial charge in [0.25, 0.3) is 0 Å². The molecule has 0 fully saturated rings. The smallest absolute Gasteiger partial charge is 0.184 e. The predicted molar refractivity (Wildman–Crippen MR) is 47.7 cm³/mol. The quantitative estimate of drug-likeness (QED) is 0.515. The van der Waals surface area contributed by atoms with Crippen LogP contribution in [0.4, 0.5) is 0 Å². The zero-order valence-electron chi connectivity index (χ0n) is 6.57. The van der Waals surface area contributed by atoms with E-state index in [0.717, 1.165) is 5.33 Å². The Kier molecular flexibility index (Phi) is 4.01. The third-order valence-electron chi connectivity index (χ3n) is 0.772. The van der Waals surface area contributed by atoms with E-state index in [-0.39, 0.29) is 0 Å². The van der Waals surface area contributed by atoms with Crippen molar-refractivity contribution in [2.75, 3.05) is 5.33 Å². The molecule has 3 heteroatoms. The van der Waals surface area contributed by atoms with Gasteiger partial charge in [0.05, 0.1) is 6.10 Å². The molecule has 0 amide bonds. The van der Waals surface area contributed by atoms with Gasteiger partial charge in [-0.05, 0) is 26.6 Å². The number of hydrogen-bond acceptors (Lipinski definition) is 1. The average molecular weight is 211 g/mol. The fraction of sp³-hybridized carbons (Fsp3) is 1.00. The molecule has 0 radical (unpaired) electrons. The second kappa shape index (κ2) is 3.74. The minimum atomic E-state index is -1.27. The summed E-state index contributed by atoms with van der Waals surface area (Å²) in [5.41, 5.74) is 0. The minimum Gasteiger partial charge on any atom is -0.414 e. The monoisotopic (exact) mass is 210 g/mol. The Hall–Kier alpha value is 0.657. The SMILES string of the molecule is C[C@@H](CBr)O[Si](C)(C)C. The summed E-state index contributed by atoms with van der Waals surface area (Å²) in [6.45, 7) is 8.69. The summed E-state index contributed by atoms with van der Waals surface area (Å²) in [7, 11) is -1.27. The maximum absolute atomic E-state index is 5.68. The topological polar surface area (TPSA) is 9.23 Å². The van der Waals surface area contributed by atoms with Crippen LogP contribution in [-0.2, 0) is 4.43 Å². The molecule has 1 atom stereocenters. The highest BCUT2D eigenvalue weighted by atomic mass is 79.9. The Labute approximate surface area is 67.0 Å². The van der Waals surface area contributed by atoms with Crippen LogP contribution in [0.1, 0.15) is 6.92 Å². The summed E-state index contributed by atoms with van der Waals surface area (Å²) >= 11 is 3.36. The highest BCUT2D eigenvalue weighted by Gasteiger charge is 2.16. The van der Waals surface area contributed by atoms with Crippen molar-refractivity contribution < 1.29 is 4.43 Å². The molecule has 56 valence electrons. The molecule has 0 bridgehead atoms. The minimum absolute atomic E-state index is 0.372. The maximum atomic E-state index is 5.68. The number of hydrogen-bond donors (Lipinski definition) is 0. The van der Waals surface area contributed by atoms with E-state index in [2.05, 4.69) is 42.5 Å². The fourth-order valence-electron chi connectivity index (χ4n) is 0.635. The predicted octanol–water partition coefficient (Wildman–Crippen LogP) is 2.62. The van der Waals surface area contributed by atoms with E-state index in [1.54, 1.807) is 0 Å². The van der Waals surface area contributed by atoms with E-state index in [0.29, 0.717) is 6.10 Å². The van der Waals surface area contributed by atoms with Crippen LogP contribution in [0.2, 0.25) is 19.6 Å². The largest absolute Gasteiger partial charge is 0.414 e. The van der Waals surface area contributed by atoms with E-state index in [1.807, 2.05) is 0 Å². The molecule has 0 saturated carbocycles. The normalized spacial score (nSPS) is 15.7. The van der Waals surface area contributed by atoms with E-state index in [4.69, 9.17) is 4.43 Å². The Bertz CT molecular complexity index is 79.6. The van der Waals surface area contributed by atoms with Crippen molar-refractivity contribution >= 4 is 24.2 Å². The van der Waals surface area contributed by atoms with Crippen molar-refractivity contribution in [3.63, 3.8) is 0 Å². The van der Waals surface area contributed by atoms with Gasteiger partial charge in [-0.1, -0.05) is 15.9 Å². The molecule has 0 heterocycles. The summed E-state index contributed by atoms with van der Waals surface area (Å²) in [4.78, 5) is 0. The molecule has 0 aromatic heterocycles. The first-order chi connectivity index (χ1) is 3.95. The van der Waals surface area contributed by atoms with Crippen LogP contribution in [0.25, 0.3) is 0 Å². The second-order valence-electron chi connectivity index (χ2n) is 3.20. The van der Waals surface area contributed by atoms with E-state index in [9.17, 15) is 0 Å². The standard InChI is InChI=1S/C6H15BrOSi/c1-6(5-7)8-9(2,3)4/h6H,5H2,1-4H3/t6-/m0/s1. The van der Waals surface area contributed by atoms with Crippen molar-refractivity contribution in [3.8, 4) is 0 Å². The van der Waals surface area contributed by atoms with Gasteiger partial charge in [-0.3, -0.25) is 0 Å². The molecule has 0 aromatic rings. The van der Waals surface area contributed by atoms with Crippen LogP contribution < -0.4 is 0 Å². The van der Waals surface area contributed by atoms with E-state index < -0.39 is 8.32 Å². The maximum Gasteiger partial charge on any atom is 0.184 e. The molecule has 0 aromatic carbocycles. The number of rotatable bonds is 3. The Morgan fingerprint density at radius 2 is 1.89 bits per heavy atom. The molecular weight excluding hydrogens is 196 g/mol. The highest BCUT2D eigenvalue weighted by Crippen LogP contribution is 2.07. The lowest BCUT2D eigenvalue weighted by Gasteiger charge is -2.21. The van der Waals surface area contributed by atoms with Crippen LogP contribution >= 0.6 is 15.9 Å². The highest BCUT2D eigenvalue weighted by molar-refractivity contribution is 9.09. The van der Waals surface area contributed by atoms with Gasteiger partial charge in [0.15, 0.2) is 8.32 Å².